The molecule has 0 bridgehead atoms. The molecule has 0 aliphatic carbocycles. The molecule has 0 aromatic heterocycles. The maximum atomic E-state index is 3.67. The van der Waals surface area contributed by atoms with Crippen LogP contribution in [0.4, 0.5) is 0 Å². The molecule has 2 atom stereocenters. The van der Waals surface area contributed by atoms with Crippen molar-refractivity contribution in [2.75, 3.05) is 6.54 Å². The molecular weight excluding hydrogens is 146 g/mol. The SMILES string of the molecule is CCC(C(C)C)C1(C)CCCN1. The van der Waals surface area contributed by atoms with Crippen molar-refractivity contribution in [2.24, 2.45) is 11.8 Å². The van der Waals surface area contributed by atoms with Gasteiger partial charge in [-0.25, -0.2) is 0 Å². The predicted molar refractivity (Wildman–Crippen MR) is 54.3 cm³/mol. The first kappa shape index (κ1) is 10.0. The molecule has 1 heteroatoms. The molecule has 0 radical (unpaired) electrons. The third-order valence-electron chi connectivity index (χ3n) is 3.46. The molecule has 1 nitrogen and oxygen atoms in total. The van der Waals surface area contributed by atoms with Crippen LogP contribution in [0.25, 0.3) is 0 Å². The fourth-order valence-electron chi connectivity index (χ4n) is 2.89. The molecule has 1 heterocycles. The summed E-state index contributed by atoms with van der Waals surface area (Å²) < 4.78 is 0. The van der Waals surface area contributed by atoms with Gasteiger partial charge in [0, 0.05) is 5.54 Å². The van der Waals surface area contributed by atoms with Crippen molar-refractivity contribution in [2.45, 2.75) is 52.5 Å². The second kappa shape index (κ2) is 3.78. The largest absolute Gasteiger partial charge is 0.311 e. The fourth-order valence-corrected chi connectivity index (χ4v) is 2.89. The minimum Gasteiger partial charge on any atom is -0.311 e. The molecule has 1 aliphatic heterocycles. The third-order valence-corrected chi connectivity index (χ3v) is 3.46. The van der Waals surface area contributed by atoms with Crippen molar-refractivity contribution in [1.29, 1.82) is 0 Å². The molecule has 2 unspecified atom stereocenters. The van der Waals surface area contributed by atoms with E-state index in [2.05, 4.69) is 33.0 Å². The van der Waals surface area contributed by atoms with E-state index in [0.717, 1.165) is 11.8 Å². The lowest BCUT2D eigenvalue weighted by Crippen LogP contribution is -2.45. The fraction of sp³-hybridized carbons (Fsp3) is 1.00. The van der Waals surface area contributed by atoms with Crippen molar-refractivity contribution < 1.29 is 0 Å². The number of hydrogen-bond acceptors (Lipinski definition) is 1. The average Bonchev–Trinajstić information content (AvgIpc) is 2.37. The highest BCUT2D eigenvalue weighted by molar-refractivity contribution is 4.95. The van der Waals surface area contributed by atoms with Gasteiger partial charge in [0.2, 0.25) is 0 Å². The van der Waals surface area contributed by atoms with Crippen LogP contribution in [0, 0.1) is 11.8 Å². The summed E-state index contributed by atoms with van der Waals surface area (Å²) in [5, 5.41) is 3.67. The first-order chi connectivity index (χ1) is 5.60. The van der Waals surface area contributed by atoms with E-state index in [1.165, 1.54) is 25.8 Å². The molecule has 12 heavy (non-hydrogen) atoms. The van der Waals surface area contributed by atoms with Gasteiger partial charge in [0.05, 0.1) is 0 Å². The van der Waals surface area contributed by atoms with E-state index in [-0.39, 0.29) is 0 Å². The van der Waals surface area contributed by atoms with Crippen LogP contribution in [0.2, 0.25) is 0 Å². The van der Waals surface area contributed by atoms with Crippen molar-refractivity contribution in [1.82, 2.24) is 5.32 Å². The van der Waals surface area contributed by atoms with E-state index in [1.54, 1.807) is 0 Å². The van der Waals surface area contributed by atoms with Gasteiger partial charge in [-0.05, 0) is 38.1 Å². The molecule has 0 aromatic carbocycles. The summed E-state index contributed by atoms with van der Waals surface area (Å²) in [5.41, 5.74) is 0.433. The second-order valence-electron chi connectivity index (χ2n) is 4.71. The molecule has 1 N–H and O–H groups in total. The molecule has 0 spiro atoms. The predicted octanol–water partition coefficient (Wildman–Crippen LogP) is 2.81. The van der Waals surface area contributed by atoms with Gasteiger partial charge >= 0.3 is 0 Å². The summed E-state index contributed by atoms with van der Waals surface area (Å²) in [7, 11) is 0. The van der Waals surface area contributed by atoms with Crippen LogP contribution < -0.4 is 5.32 Å². The topological polar surface area (TPSA) is 12.0 Å². The Labute approximate surface area is 76.9 Å². The smallest absolute Gasteiger partial charge is 0.0184 e. The summed E-state index contributed by atoms with van der Waals surface area (Å²) >= 11 is 0. The molecule has 0 amide bonds. The lowest BCUT2D eigenvalue weighted by atomic mass is 9.76. The van der Waals surface area contributed by atoms with Crippen LogP contribution in [0.3, 0.4) is 0 Å². The van der Waals surface area contributed by atoms with E-state index >= 15 is 0 Å². The zero-order valence-electron chi connectivity index (χ0n) is 8.98. The molecule has 1 rings (SSSR count). The summed E-state index contributed by atoms with van der Waals surface area (Å²) in [5.74, 6) is 1.66. The Morgan fingerprint density at radius 2 is 2.08 bits per heavy atom. The van der Waals surface area contributed by atoms with E-state index in [1.807, 2.05) is 0 Å². The summed E-state index contributed by atoms with van der Waals surface area (Å²) in [4.78, 5) is 0. The van der Waals surface area contributed by atoms with Crippen molar-refractivity contribution in [3.05, 3.63) is 0 Å². The first-order valence-electron chi connectivity index (χ1n) is 5.35. The minimum atomic E-state index is 0.433. The number of nitrogens with one attached hydrogen (secondary N) is 1. The van der Waals surface area contributed by atoms with E-state index in [9.17, 15) is 0 Å². The maximum Gasteiger partial charge on any atom is 0.0184 e. The van der Waals surface area contributed by atoms with Gasteiger partial charge in [-0.1, -0.05) is 27.2 Å². The van der Waals surface area contributed by atoms with Gasteiger partial charge < -0.3 is 5.32 Å². The molecule has 1 saturated heterocycles. The third kappa shape index (κ3) is 1.82. The Bertz CT molecular complexity index is 134. The highest BCUT2D eigenvalue weighted by Gasteiger charge is 2.36. The zero-order chi connectivity index (χ0) is 9.19. The monoisotopic (exact) mass is 169 g/mol. The average molecular weight is 169 g/mol. The summed E-state index contributed by atoms with van der Waals surface area (Å²) in [6.07, 6.45) is 4.03. The first-order valence-corrected chi connectivity index (χ1v) is 5.35. The Morgan fingerprint density at radius 3 is 2.42 bits per heavy atom. The second-order valence-corrected chi connectivity index (χ2v) is 4.71. The number of rotatable bonds is 3. The standard InChI is InChI=1S/C11H23N/c1-5-10(9(2)3)11(4)7-6-8-12-11/h9-10,12H,5-8H2,1-4H3. The van der Waals surface area contributed by atoms with Crippen LogP contribution in [0.1, 0.15) is 47.0 Å². The van der Waals surface area contributed by atoms with Gasteiger partial charge in [-0.2, -0.15) is 0 Å². The van der Waals surface area contributed by atoms with Crippen LogP contribution in [0.5, 0.6) is 0 Å². The van der Waals surface area contributed by atoms with Crippen LogP contribution in [-0.2, 0) is 0 Å². The Hall–Kier alpha value is -0.0400. The van der Waals surface area contributed by atoms with Crippen LogP contribution in [0.15, 0.2) is 0 Å². The normalized spacial score (nSPS) is 32.8. The number of hydrogen-bond donors (Lipinski definition) is 1. The Kier molecular flexibility index (Phi) is 3.16. The van der Waals surface area contributed by atoms with Gasteiger partial charge in [-0.3, -0.25) is 0 Å². The molecular formula is C11H23N. The Morgan fingerprint density at radius 1 is 1.42 bits per heavy atom. The van der Waals surface area contributed by atoms with Gasteiger partial charge in [0.15, 0.2) is 0 Å². The van der Waals surface area contributed by atoms with Crippen LogP contribution in [-0.4, -0.2) is 12.1 Å². The quantitative estimate of drug-likeness (QED) is 0.685. The highest BCUT2D eigenvalue weighted by Crippen LogP contribution is 2.34. The Balaban J connectivity index is 2.62. The summed E-state index contributed by atoms with van der Waals surface area (Å²) in [6.45, 7) is 10.6. The van der Waals surface area contributed by atoms with Crippen molar-refractivity contribution in [3.8, 4) is 0 Å². The van der Waals surface area contributed by atoms with Gasteiger partial charge in [0.1, 0.15) is 0 Å². The summed E-state index contributed by atoms with van der Waals surface area (Å²) in [6, 6.07) is 0. The maximum absolute atomic E-state index is 3.67. The van der Waals surface area contributed by atoms with E-state index in [4.69, 9.17) is 0 Å². The molecule has 0 saturated carbocycles. The van der Waals surface area contributed by atoms with Gasteiger partial charge in [0.25, 0.3) is 0 Å². The van der Waals surface area contributed by atoms with E-state index in [0.29, 0.717) is 5.54 Å². The minimum absolute atomic E-state index is 0.433. The molecule has 0 aromatic rings. The molecule has 72 valence electrons. The van der Waals surface area contributed by atoms with Crippen molar-refractivity contribution in [3.63, 3.8) is 0 Å². The van der Waals surface area contributed by atoms with Crippen molar-refractivity contribution >= 4 is 0 Å². The zero-order valence-corrected chi connectivity index (χ0v) is 8.98. The molecule has 1 aliphatic rings. The molecule has 1 fully saturated rings. The van der Waals surface area contributed by atoms with E-state index < -0.39 is 0 Å². The lowest BCUT2D eigenvalue weighted by Gasteiger charge is -2.36. The lowest BCUT2D eigenvalue weighted by molar-refractivity contribution is 0.194. The van der Waals surface area contributed by atoms with Crippen LogP contribution >= 0.6 is 0 Å². The highest BCUT2D eigenvalue weighted by atomic mass is 15.0. The van der Waals surface area contributed by atoms with Gasteiger partial charge in [-0.15, -0.1) is 0 Å².